The molecule has 0 unspecified atom stereocenters. The Morgan fingerprint density at radius 3 is 2.33 bits per heavy atom. The lowest BCUT2D eigenvalue weighted by molar-refractivity contribution is 0.406. The fourth-order valence-electron chi connectivity index (χ4n) is 1.78. The monoisotopic (exact) mass is 242 g/mol. The zero-order valence-electron chi connectivity index (χ0n) is 10.3. The minimum atomic E-state index is -0.105. The molecule has 0 saturated heterocycles. The summed E-state index contributed by atoms with van der Waals surface area (Å²) in [6.45, 7) is 1.11. The number of hydrogen-bond donors (Lipinski definition) is 2. The smallest absolute Gasteiger partial charge is 0.0857 e. The van der Waals surface area contributed by atoms with Gasteiger partial charge in [0, 0.05) is 18.5 Å². The Kier molecular flexibility index (Phi) is 4.02. The van der Waals surface area contributed by atoms with Crippen LogP contribution < -0.4 is 11.5 Å². The van der Waals surface area contributed by atoms with Gasteiger partial charge >= 0.3 is 0 Å². The molecule has 0 heterocycles. The van der Waals surface area contributed by atoms with Crippen molar-refractivity contribution in [1.29, 1.82) is 0 Å². The van der Waals surface area contributed by atoms with Gasteiger partial charge in [-0.25, -0.2) is 0 Å². The molecule has 0 bridgehead atoms. The highest BCUT2D eigenvalue weighted by atomic mass is 15.1. The van der Waals surface area contributed by atoms with Gasteiger partial charge in [0.1, 0.15) is 0 Å². The van der Waals surface area contributed by atoms with Crippen molar-refractivity contribution in [1.82, 2.24) is 0 Å². The minimum Gasteiger partial charge on any atom is -0.330 e. The third-order valence-corrected chi connectivity index (χ3v) is 3.18. The first-order chi connectivity index (χ1) is 8.78. The van der Waals surface area contributed by atoms with Crippen molar-refractivity contribution >= 4 is 5.69 Å². The van der Waals surface area contributed by atoms with Crippen LogP contribution in [0.25, 0.3) is 0 Å². The van der Waals surface area contributed by atoms with Crippen LogP contribution in [0.3, 0.4) is 0 Å². The molecule has 94 valence electrons. The average Bonchev–Trinajstić information content (AvgIpc) is 2.47. The van der Waals surface area contributed by atoms with Crippen molar-refractivity contribution in [3.05, 3.63) is 54.3 Å². The van der Waals surface area contributed by atoms with Gasteiger partial charge < -0.3 is 11.5 Å². The summed E-state index contributed by atoms with van der Waals surface area (Å²) >= 11 is 0. The van der Waals surface area contributed by atoms with Gasteiger partial charge in [-0.3, -0.25) is 0 Å². The highest BCUT2D eigenvalue weighted by Crippen LogP contribution is 2.28. The van der Waals surface area contributed by atoms with Crippen molar-refractivity contribution in [2.45, 2.75) is 6.42 Å². The van der Waals surface area contributed by atoms with Crippen molar-refractivity contribution in [2.75, 3.05) is 13.1 Å². The Hall–Kier alpha value is -1.78. The molecule has 0 fully saturated rings. The molecular weight excluding hydrogens is 224 g/mol. The summed E-state index contributed by atoms with van der Waals surface area (Å²) < 4.78 is 0. The predicted molar refractivity (Wildman–Crippen MR) is 73.3 cm³/mol. The Balaban J connectivity index is 2.04. The SMILES string of the molecule is NCC1(CN)C=CC(N=Nc2ccccc2)=CC1. The summed E-state index contributed by atoms with van der Waals surface area (Å²) in [6.07, 6.45) is 6.84. The van der Waals surface area contributed by atoms with Crippen LogP contribution in [-0.4, -0.2) is 13.1 Å². The Labute approximate surface area is 107 Å². The van der Waals surface area contributed by atoms with Crippen LogP contribution in [0.4, 0.5) is 5.69 Å². The standard InChI is InChI=1S/C14H18N4/c15-10-14(11-16)8-6-13(7-9-14)18-17-12-4-2-1-3-5-12/h1-8H,9-11,15-16H2. The third-order valence-electron chi connectivity index (χ3n) is 3.18. The summed E-state index contributed by atoms with van der Waals surface area (Å²) in [5.41, 5.74) is 13.1. The first kappa shape index (κ1) is 12.7. The van der Waals surface area contributed by atoms with Gasteiger partial charge in [-0.1, -0.05) is 30.4 Å². The van der Waals surface area contributed by atoms with Crippen LogP contribution in [0.15, 0.2) is 64.5 Å². The number of allylic oxidation sites excluding steroid dienone is 2. The molecule has 4 heteroatoms. The number of benzene rings is 1. The molecule has 0 spiro atoms. The van der Waals surface area contributed by atoms with E-state index in [1.165, 1.54) is 0 Å². The second-order valence-electron chi connectivity index (χ2n) is 4.47. The van der Waals surface area contributed by atoms with Crippen molar-refractivity contribution < 1.29 is 0 Å². The highest BCUT2D eigenvalue weighted by Gasteiger charge is 2.24. The first-order valence-corrected chi connectivity index (χ1v) is 6.04. The van der Waals surface area contributed by atoms with E-state index >= 15 is 0 Å². The van der Waals surface area contributed by atoms with E-state index in [4.69, 9.17) is 11.5 Å². The van der Waals surface area contributed by atoms with Crippen molar-refractivity contribution in [3.63, 3.8) is 0 Å². The molecule has 0 saturated carbocycles. The van der Waals surface area contributed by atoms with E-state index in [1.54, 1.807) is 0 Å². The molecule has 18 heavy (non-hydrogen) atoms. The molecule has 1 aliphatic carbocycles. The number of azo groups is 1. The van der Waals surface area contributed by atoms with E-state index in [9.17, 15) is 0 Å². The molecular formula is C14H18N4. The van der Waals surface area contributed by atoms with Crippen LogP contribution in [0.5, 0.6) is 0 Å². The second-order valence-corrected chi connectivity index (χ2v) is 4.47. The normalized spacial score (nSPS) is 18.0. The number of rotatable bonds is 4. The van der Waals surface area contributed by atoms with Crippen LogP contribution >= 0.6 is 0 Å². The Morgan fingerprint density at radius 2 is 1.78 bits per heavy atom. The molecule has 0 atom stereocenters. The minimum absolute atomic E-state index is 0.105. The zero-order valence-corrected chi connectivity index (χ0v) is 10.3. The fraction of sp³-hybridized carbons (Fsp3) is 0.286. The average molecular weight is 242 g/mol. The van der Waals surface area contributed by atoms with E-state index in [2.05, 4.69) is 10.2 Å². The van der Waals surface area contributed by atoms with Crippen LogP contribution in [0, 0.1) is 5.41 Å². The maximum atomic E-state index is 5.74. The summed E-state index contributed by atoms with van der Waals surface area (Å²) in [4.78, 5) is 0. The molecule has 1 aromatic rings. The van der Waals surface area contributed by atoms with E-state index in [-0.39, 0.29) is 5.41 Å². The summed E-state index contributed by atoms with van der Waals surface area (Å²) in [5.74, 6) is 0. The van der Waals surface area contributed by atoms with E-state index in [0.717, 1.165) is 17.8 Å². The van der Waals surface area contributed by atoms with Crippen molar-refractivity contribution in [2.24, 2.45) is 27.1 Å². The molecule has 0 aliphatic heterocycles. The van der Waals surface area contributed by atoms with Gasteiger partial charge in [0.25, 0.3) is 0 Å². The molecule has 4 N–H and O–H groups in total. The first-order valence-electron chi connectivity index (χ1n) is 6.04. The topological polar surface area (TPSA) is 76.8 Å². The lowest BCUT2D eigenvalue weighted by atomic mass is 9.81. The molecule has 1 aliphatic rings. The predicted octanol–water partition coefficient (Wildman–Crippen LogP) is 2.52. The maximum absolute atomic E-state index is 5.74. The summed E-state index contributed by atoms with van der Waals surface area (Å²) in [6, 6.07) is 9.66. The second kappa shape index (κ2) is 5.71. The van der Waals surface area contributed by atoms with E-state index in [1.807, 2.05) is 48.6 Å². The van der Waals surface area contributed by atoms with Crippen LogP contribution in [0.1, 0.15) is 6.42 Å². The zero-order chi connectivity index (χ0) is 12.8. The summed E-state index contributed by atoms with van der Waals surface area (Å²) in [7, 11) is 0. The van der Waals surface area contributed by atoms with Crippen LogP contribution in [0.2, 0.25) is 0 Å². The highest BCUT2D eigenvalue weighted by molar-refractivity contribution is 5.35. The van der Waals surface area contributed by atoms with Gasteiger partial charge in [-0.2, -0.15) is 10.2 Å². The number of nitrogens with two attached hydrogens (primary N) is 2. The quantitative estimate of drug-likeness (QED) is 0.796. The van der Waals surface area contributed by atoms with Gasteiger partial charge in [0.2, 0.25) is 0 Å². The Bertz CT molecular complexity index is 470. The summed E-state index contributed by atoms with van der Waals surface area (Å²) in [5, 5.41) is 8.38. The van der Waals surface area contributed by atoms with Gasteiger partial charge in [-0.15, -0.1) is 0 Å². The molecule has 1 aromatic carbocycles. The van der Waals surface area contributed by atoms with E-state index < -0.39 is 0 Å². The molecule has 0 aromatic heterocycles. The third kappa shape index (κ3) is 2.91. The number of hydrogen-bond acceptors (Lipinski definition) is 4. The molecule has 4 nitrogen and oxygen atoms in total. The molecule has 0 radical (unpaired) electrons. The van der Waals surface area contributed by atoms with Gasteiger partial charge in [-0.05, 0) is 24.6 Å². The van der Waals surface area contributed by atoms with Crippen LogP contribution in [-0.2, 0) is 0 Å². The fourth-order valence-corrected chi connectivity index (χ4v) is 1.78. The van der Waals surface area contributed by atoms with Gasteiger partial charge in [0.05, 0.1) is 11.4 Å². The lowest BCUT2D eigenvalue weighted by Crippen LogP contribution is -2.36. The molecule has 2 rings (SSSR count). The maximum Gasteiger partial charge on any atom is 0.0857 e. The van der Waals surface area contributed by atoms with E-state index in [0.29, 0.717) is 13.1 Å². The largest absolute Gasteiger partial charge is 0.330 e. The Morgan fingerprint density at radius 1 is 1.06 bits per heavy atom. The van der Waals surface area contributed by atoms with Gasteiger partial charge in [0.15, 0.2) is 0 Å². The number of nitrogens with zero attached hydrogens (tertiary/aromatic N) is 2. The molecule has 0 amide bonds. The lowest BCUT2D eigenvalue weighted by Gasteiger charge is -2.28. The van der Waals surface area contributed by atoms with Crippen molar-refractivity contribution in [3.8, 4) is 0 Å².